The lowest BCUT2D eigenvalue weighted by Crippen LogP contribution is -2.28. The second-order valence-corrected chi connectivity index (χ2v) is 6.12. The molecule has 0 fully saturated rings. The van der Waals surface area contributed by atoms with Gasteiger partial charge >= 0.3 is 0 Å². The van der Waals surface area contributed by atoms with Crippen LogP contribution in [0.25, 0.3) is 0 Å². The number of hydrogen-bond acceptors (Lipinski definition) is 2. The first-order chi connectivity index (χ1) is 11.1. The van der Waals surface area contributed by atoms with Gasteiger partial charge < -0.3 is 9.47 Å². The minimum atomic E-state index is 0.769. The van der Waals surface area contributed by atoms with Crippen molar-refractivity contribution in [2.24, 2.45) is 0 Å². The Morgan fingerprint density at radius 2 is 1.78 bits per heavy atom. The molecule has 0 atom stereocenters. The summed E-state index contributed by atoms with van der Waals surface area (Å²) in [7, 11) is 3.34. The fraction of sp³-hybridized carbons (Fsp3) is 0.316. The Bertz CT molecular complexity index is 768. The van der Waals surface area contributed by atoms with E-state index in [2.05, 4.69) is 29.7 Å². The molecule has 2 aromatic carbocycles. The van der Waals surface area contributed by atoms with E-state index < -0.39 is 0 Å². The summed E-state index contributed by atoms with van der Waals surface area (Å²) in [6.07, 6.45) is 0.984. The first-order valence-corrected chi connectivity index (χ1v) is 8.09. The minimum absolute atomic E-state index is 0.769. The molecular weight excluding hydrogens is 310 g/mol. The van der Waals surface area contributed by atoms with Gasteiger partial charge in [-0.05, 0) is 23.8 Å². The van der Waals surface area contributed by atoms with Gasteiger partial charge in [0, 0.05) is 24.5 Å². The zero-order valence-corrected chi connectivity index (χ0v) is 14.5. The van der Waals surface area contributed by atoms with Gasteiger partial charge in [-0.15, -0.1) is 0 Å². The van der Waals surface area contributed by atoms with Crippen LogP contribution in [0.1, 0.15) is 23.6 Å². The first kappa shape index (κ1) is 15.9. The van der Waals surface area contributed by atoms with Gasteiger partial charge in [-0.2, -0.15) is 0 Å². The molecule has 120 valence electrons. The summed E-state index contributed by atoms with van der Waals surface area (Å²) >= 11 is 6.31. The summed E-state index contributed by atoms with van der Waals surface area (Å²) in [5.74, 6) is 1.56. The van der Waals surface area contributed by atoms with Crippen LogP contribution in [0, 0.1) is 0 Å². The highest BCUT2D eigenvalue weighted by Gasteiger charge is 2.25. The van der Waals surface area contributed by atoms with Crippen molar-refractivity contribution in [3.05, 3.63) is 58.1 Å². The maximum Gasteiger partial charge on any atom is 0.180 e. The molecule has 0 saturated carbocycles. The molecule has 2 aromatic rings. The molecule has 0 aromatic heterocycles. The zero-order chi connectivity index (χ0) is 16.4. The van der Waals surface area contributed by atoms with Crippen LogP contribution in [0.15, 0.2) is 36.4 Å². The third kappa shape index (κ3) is 3.06. The molecule has 0 saturated heterocycles. The van der Waals surface area contributed by atoms with E-state index >= 15 is 0 Å². The predicted octanol–water partition coefficient (Wildman–Crippen LogP) is 3.94. The Labute approximate surface area is 142 Å². The summed E-state index contributed by atoms with van der Waals surface area (Å²) in [5, 5.41) is 0.818. The van der Waals surface area contributed by atoms with E-state index in [4.69, 9.17) is 21.1 Å². The quantitative estimate of drug-likeness (QED) is 0.792. The van der Waals surface area contributed by atoms with Crippen molar-refractivity contribution in [3.63, 3.8) is 0 Å². The van der Waals surface area contributed by atoms with Crippen molar-refractivity contribution in [1.29, 1.82) is 0 Å². The largest absolute Gasteiger partial charge is 0.493 e. The van der Waals surface area contributed by atoms with Crippen LogP contribution in [0.3, 0.4) is 0 Å². The Kier molecular flexibility index (Phi) is 4.58. The summed E-state index contributed by atoms with van der Waals surface area (Å²) in [5.41, 5.74) is 4.92. The molecule has 0 spiro atoms. The molecule has 0 bridgehead atoms. The summed E-state index contributed by atoms with van der Waals surface area (Å²) in [4.78, 5) is 0. The summed E-state index contributed by atoms with van der Waals surface area (Å²) < 4.78 is 13.2. The maximum atomic E-state index is 6.31. The molecular formula is C19H21ClNO2+. The fourth-order valence-corrected chi connectivity index (χ4v) is 3.28. The minimum Gasteiger partial charge on any atom is -0.493 e. The second-order valence-electron chi connectivity index (χ2n) is 5.71. The van der Waals surface area contributed by atoms with Crippen molar-refractivity contribution in [3.8, 4) is 11.5 Å². The summed E-state index contributed by atoms with van der Waals surface area (Å²) in [6, 6.07) is 12.2. The summed E-state index contributed by atoms with van der Waals surface area (Å²) in [6.45, 7) is 3.94. The van der Waals surface area contributed by atoms with Gasteiger partial charge in [-0.25, -0.2) is 4.58 Å². The molecule has 3 rings (SSSR count). The van der Waals surface area contributed by atoms with E-state index in [0.29, 0.717) is 0 Å². The monoisotopic (exact) mass is 330 g/mol. The normalized spacial score (nSPS) is 13.7. The lowest BCUT2D eigenvalue weighted by atomic mass is 9.96. The number of fused-ring (bicyclic) bond motifs is 1. The molecule has 1 aliphatic heterocycles. The number of methoxy groups -OCH3 is 2. The highest BCUT2D eigenvalue weighted by Crippen LogP contribution is 2.32. The van der Waals surface area contributed by atoms with Gasteiger partial charge in [0.1, 0.15) is 6.54 Å². The van der Waals surface area contributed by atoms with E-state index in [1.807, 2.05) is 18.2 Å². The van der Waals surface area contributed by atoms with Gasteiger partial charge in [-0.1, -0.05) is 29.8 Å². The molecule has 0 aliphatic carbocycles. The van der Waals surface area contributed by atoms with Crippen LogP contribution in [-0.2, 0) is 13.0 Å². The molecule has 0 unspecified atom stereocenters. The molecule has 0 radical (unpaired) electrons. The van der Waals surface area contributed by atoms with Crippen molar-refractivity contribution in [2.45, 2.75) is 19.9 Å². The average Bonchev–Trinajstić information content (AvgIpc) is 2.58. The zero-order valence-electron chi connectivity index (χ0n) is 13.7. The van der Waals surface area contributed by atoms with E-state index in [1.165, 1.54) is 16.8 Å². The predicted molar refractivity (Wildman–Crippen MR) is 93.3 cm³/mol. The third-order valence-electron chi connectivity index (χ3n) is 4.44. The van der Waals surface area contributed by atoms with Gasteiger partial charge in [-0.3, -0.25) is 0 Å². The Morgan fingerprint density at radius 1 is 1.09 bits per heavy atom. The number of benzene rings is 2. The van der Waals surface area contributed by atoms with Gasteiger partial charge in [0.05, 0.1) is 19.2 Å². The number of hydrogen-bond donors (Lipinski definition) is 0. The number of rotatable bonds is 4. The molecule has 0 amide bonds. The highest BCUT2D eigenvalue weighted by molar-refractivity contribution is 6.31. The van der Waals surface area contributed by atoms with Crippen LogP contribution in [-0.4, -0.2) is 31.1 Å². The van der Waals surface area contributed by atoms with Crippen molar-refractivity contribution in [1.82, 2.24) is 0 Å². The van der Waals surface area contributed by atoms with E-state index in [1.54, 1.807) is 14.2 Å². The van der Waals surface area contributed by atoms with E-state index in [0.717, 1.165) is 41.6 Å². The number of nitrogens with zero attached hydrogens (tertiary/aromatic N) is 1. The van der Waals surface area contributed by atoms with Crippen molar-refractivity contribution >= 4 is 17.3 Å². The molecule has 1 heterocycles. The van der Waals surface area contributed by atoms with Crippen molar-refractivity contribution < 1.29 is 14.0 Å². The van der Waals surface area contributed by atoms with Crippen LogP contribution in [0.5, 0.6) is 11.5 Å². The average molecular weight is 331 g/mol. The molecule has 1 aliphatic rings. The smallest absolute Gasteiger partial charge is 0.180 e. The maximum absolute atomic E-state index is 6.31. The van der Waals surface area contributed by atoms with Crippen LogP contribution in [0.4, 0.5) is 0 Å². The molecule has 0 N–H and O–H groups in total. The third-order valence-corrected chi connectivity index (χ3v) is 4.81. The van der Waals surface area contributed by atoms with Gasteiger partial charge in [0.25, 0.3) is 0 Å². The van der Waals surface area contributed by atoms with E-state index in [9.17, 15) is 0 Å². The Morgan fingerprint density at radius 3 is 2.48 bits per heavy atom. The van der Waals surface area contributed by atoms with E-state index in [-0.39, 0.29) is 0 Å². The lowest BCUT2D eigenvalue weighted by molar-refractivity contribution is -0.545. The number of halogens is 1. The topological polar surface area (TPSA) is 21.5 Å². The molecule has 3 nitrogen and oxygen atoms in total. The Hall–Kier alpha value is -2.00. The molecule has 4 heteroatoms. The SMILES string of the molecule is COc1cc2c(cc1OC)C(C)=[N+](Cc1ccccc1Cl)CC2. The van der Waals surface area contributed by atoms with Crippen LogP contribution >= 0.6 is 11.6 Å². The van der Waals surface area contributed by atoms with Gasteiger partial charge in [0.15, 0.2) is 23.8 Å². The number of ether oxygens (including phenoxy) is 2. The lowest BCUT2D eigenvalue weighted by Gasteiger charge is -2.19. The van der Waals surface area contributed by atoms with Crippen LogP contribution in [0.2, 0.25) is 5.02 Å². The van der Waals surface area contributed by atoms with Gasteiger partial charge in [0.2, 0.25) is 0 Å². The highest BCUT2D eigenvalue weighted by atomic mass is 35.5. The molecule has 23 heavy (non-hydrogen) atoms. The standard InChI is InChI=1S/C19H21ClNO2/c1-13-16-11-19(23-3)18(22-2)10-14(16)8-9-21(13)12-15-6-4-5-7-17(15)20/h4-7,10-11H,8-9,12H2,1-3H3/q+1. The Balaban J connectivity index is 2.00. The second kappa shape index (κ2) is 6.63. The van der Waals surface area contributed by atoms with Crippen molar-refractivity contribution in [2.75, 3.05) is 20.8 Å². The van der Waals surface area contributed by atoms with Crippen LogP contribution < -0.4 is 9.47 Å². The first-order valence-electron chi connectivity index (χ1n) is 7.71. The fourth-order valence-electron chi connectivity index (χ4n) is 3.09.